The maximum atomic E-state index is 3.01. The van der Waals surface area contributed by atoms with E-state index < -0.39 is 0 Å². The fourth-order valence-corrected chi connectivity index (χ4v) is 0.564. The predicted octanol–water partition coefficient (Wildman–Crippen LogP) is 0.675. The van der Waals surface area contributed by atoms with Gasteiger partial charge in [-0.05, 0) is 20.9 Å². The van der Waals surface area contributed by atoms with E-state index >= 15 is 0 Å². The molecule has 0 radical (unpaired) electrons. The van der Waals surface area contributed by atoms with Gasteiger partial charge in [-0.2, -0.15) is 0 Å². The van der Waals surface area contributed by atoms with Crippen molar-refractivity contribution >= 4 is 0 Å². The van der Waals surface area contributed by atoms with Crippen LogP contribution in [0.15, 0.2) is 12.2 Å². The van der Waals surface area contributed by atoms with Crippen LogP contribution in [0, 0.1) is 0 Å². The average Bonchev–Trinajstić information content (AvgIpc) is 1.68. The Morgan fingerprint density at radius 1 is 1.50 bits per heavy atom. The molecule has 0 heterocycles. The van der Waals surface area contributed by atoms with Crippen molar-refractivity contribution in [3.8, 4) is 0 Å². The summed E-state index contributed by atoms with van der Waals surface area (Å²) >= 11 is 0. The van der Waals surface area contributed by atoms with Crippen LogP contribution < -0.4 is 10.9 Å². The summed E-state index contributed by atoms with van der Waals surface area (Å²) in [5.74, 6) is 0. The van der Waals surface area contributed by atoms with Crippen LogP contribution in [0.1, 0.15) is 13.8 Å². The van der Waals surface area contributed by atoms with Crippen LogP contribution in [0.5, 0.6) is 0 Å². The number of hydrazine groups is 1. The molecule has 48 valence electrons. The van der Waals surface area contributed by atoms with E-state index in [0.29, 0.717) is 6.04 Å². The second-order valence-electron chi connectivity index (χ2n) is 1.71. The highest BCUT2D eigenvalue weighted by Crippen LogP contribution is 1.79. The summed E-state index contributed by atoms with van der Waals surface area (Å²) in [6.45, 7) is 4.09. The van der Waals surface area contributed by atoms with Crippen LogP contribution in [0.4, 0.5) is 0 Å². The molecule has 0 amide bonds. The van der Waals surface area contributed by atoms with Gasteiger partial charge in [-0.15, -0.1) is 0 Å². The molecule has 0 spiro atoms. The van der Waals surface area contributed by atoms with Crippen molar-refractivity contribution in [2.45, 2.75) is 19.9 Å². The summed E-state index contributed by atoms with van der Waals surface area (Å²) < 4.78 is 0. The summed E-state index contributed by atoms with van der Waals surface area (Å²) in [5, 5.41) is 0. The predicted molar refractivity (Wildman–Crippen MR) is 36.5 cm³/mol. The Morgan fingerprint density at radius 2 is 2.12 bits per heavy atom. The molecule has 0 aliphatic rings. The number of allylic oxidation sites excluding steroid dienone is 1. The molecular weight excluding hydrogens is 100 g/mol. The van der Waals surface area contributed by atoms with Gasteiger partial charge in [-0.1, -0.05) is 12.2 Å². The van der Waals surface area contributed by atoms with Gasteiger partial charge in [0.25, 0.3) is 0 Å². The summed E-state index contributed by atoms with van der Waals surface area (Å²) in [7, 11) is 1.86. The van der Waals surface area contributed by atoms with Crippen molar-refractivity contribution < 1.29 is 0 Å². The summed E-state index contributed by atoms with van der Waals surface area (Å²) in [6, 6.07) is 0.421. The Hall–Kier alpha value is -0.340. The Bertz CT molecular complexity index is 68.9. The van der Waals surface area contributed by atoms with Crippen molar-refractivity contribution in [2.24, 2.45) is 0 Å². The normalized spacial score (nSPS) is 14.9. The van der Waals surface area contributed by atoms with Crippen molar-refractivity contribution in [2.75, 3.05) is 7.05 Å². The molecule has 0 aromatic rings. The molecule has 0 saturated heterocycles. The molecule has 0 aliphatic carbocycles. The van der Waals surface area contributed by atoms with Crippen molar-refractivity contribution in [3.05, 3.63) is 12.2 Å². The fraction of sp³-hybridized carbons (Fsp3) is 0.667. The highest BCUT2D eigenvalue weighted by Gasteiger charge is 1.87. The van der Waals surface area contributed by atoms with E-state index in [9.17, 15) is 0 Å². The molecular formula is C6H14N2. The first-order valence-corrected chi connectivity index (χ1v) is 2.86. The fourth-order valence-electron chi connectivity index (χ4n) is 0.564. The van der Waals surface area contributed by atoms with Gasteiger partial charge in [0.05, 0.1) is 0 Å². The first-order chi connectivity index (χ1) is 3.81. The van der Waals surface area contributed by atoms with E-state index in [-0.39, 0.29) is 0 Å². The number of rotatable bonds is 3. The van der Waals surface area contributed by atoms with Crippen molar-refractivity contribution in [1.82, 2.24) is 10.9 Å². The first-order valence-electron chi connectivity index (χ1n) is 2.86. The molecule has 1 atom stereocenters. The van der Waals surface area contributed by atoms with E-state index in [0.717, 1.165) is 0 Å². The molecule has 0 bridgehead atoms. The molecule has 0 saturated carbocycles. The van der Waals surface area contributed by atoms with Crippen molar-refractivity contribution in [1.29, 1.82) is 0 Å². The quantitative estimate of drug-likeness (QED) is 0.416. The molecule has 2 heteroatoms. The zero-order valence-corrected chi connectivity index (χ0v) is 5.73. The van der Waals surface area contributed by atoms with E-state index in [4.69, 9.17) is 0 Å². The highest BCUT2D eigenvalue weighted by molar-refractivity contribution is 4.86. The van der Waals surface area contributed by atoms with E-state index in [1.54, 1.807) is 0 Å². The average molecular weight is 114 g/mol. The van der Waals surface area contributed by atoms with Crippen LogP contribution in [-0.4, -0.2) is 13.1 Å². The van der Waals surface area contributed by atoms with Crippen LogP contribution in [0.2, 0.25) is 0 Å². The van der Waals surface area contributed by atoms with Crippen LogP contribution >= 0.6 is 0 Å². The third kappa shape index (κ3) is 3.84. The van der Waals surface area contributed by atoms with Gasteiger partial charge in [0.2, 0.25) is 0 Å². The minimum Gasteiger partial charge on any atom is -0.260 e. The number of hydrogen-bond donors (Lipinski definition) is 2. The monoisotopic (exact) mass is 114 g/mol. The van der Waals surface area contributed by atoms with Crippen LogP contribution in [-0.2, 0) is 0 Å². The Kier molecular flexibility index (Phi) is 4.61. The van der Waals surface area contributed by atoms with E-state index in [1.807, 2.05) is 20.0 Å². The lowest BCUT2D eigenvalue weighted by atomic mass is 10.3. The van der Waals surface area contributed by atoms with Crippen LogP contribution in [0.25, 0.3) is 0 Å². The minimum absolute atomic E-state index is 0.421. The van der Waals surface area contributed by atoms with E-state index in [1.165, 1.54) is 0 Å². The van der Waals surface area contributed by atoms with Gasteiger partial charge in [-0.3, -0.25) is 10.9 Å². The zero-order valence-electron chi connectivity index (χ0n) is 5.73. The number of nitrogens with one attached hydrogen (secondary N) is 2. The van der Waals surface area contributed by atoms with E-state index in [2.05, 4.69) is 23.9 Å². The topological polar surface area (TPSA) is 24.1 Å². The summed E-state index contributed by atoms with van der Waals surface area (Å²) in [5.41, 5.74) is 5.86. The van der Waals surface area contributed by atoms with Gasteiger partial charge in [0.15, 0.2) is 0 Å². The van der Waals surface area contributed by atoms with Crippen molar-refractivity contribution in [3.63, 3.8) is 0 Å². The maximum absolute atomic E-state index is 3.01. The Labute approximate surface area is 50.9 Å². The highest BCUT2D eigenvalue weighted by atomic mass is 15.3. The lowest BCUT2D eigenvalue weighted by Gasteiger charge is -2.05. The molecule has 0 aromatic heterocycles. The molecule has 0 unspecified atom stereocenters. The lowest BCUT2D eigenvalue weighted by molar-refractivity contribution is 0.552. The maximum Gasteiger partial charge on any atom is 0.0364 e. The second kappa shape index (κ2) is 4.81. The second-order valence-corrected chi connectivity index (χ2v) is 1.71. The Morgan fingerprint density at radius 3 is 2.50 bits per heavy atom. The van der Waals surface area contributed by atoms with Gasteiger partial charge in [-0.25, -0.2) is 0 Å². The third-order valence-electron chi connectivity index (χ3n) is 0.853. The molecule has 0 rings (SSSR count). The van der Waals surface area contributed by atoms with Crippen LogP contribution in [0.3, 0.4) is 0 Å². The Balaban J connectivity index is 3.17. The SMILES string of the molecule is C/C=C\[C@@H](C)NNC. The molecule has 0 aromatic carbocycles. The molecule has 2 nitrogen and oxygen atoms in total. The molecule has 2 N–H and O–H groups in total. The smallest absolute Gasteiger partial charge is 0.0364 e. The first kappa shape index (κ1) is 7.66. The number of hydrogen-bond acceptors (Lipinski definition) is 2. The largest absolute Gasteiger partial charge is 0.260 e. The molecule has 0 fully saturated rings. The minimum atomic E-state index is 0.421. The lowest BCUT2D eigenvalue weighted by Crippen LogP contribution is -2.34. The zero-order chi connectivity index (χ0) is 6.41. The summed E-state index contributed by atoms with van der Waals surface area (Å²) in [6.07, 6.45) is 4.10. The standard InChI is InChI=1S/C6H14N2/c1-4-5-6(2)8-7-3/h4-8H,1-3H3/b5-4-/t6-/m1/s1. The van der Waals surface area contributed by atoms with Gasteiger partial charge in [0.1, 0.15) is 0 Å². The summed E-state index contributed by atoms with van der Waals surface area (Å²) in [4.78, 5) is 0. The molecule has 0 aliphatic heterocycles. The van der Waals surface area contributed by atoms with Gasteiger partial charge < -0.3 is 0 Å². The third-order valence-corrected chi connectivity index (χ3v) is 0.853. The van der Waals surface area contributed by atoms with Gasteiger partial charge >= 0.3 is 0 Å². The van der Waals surface area contributed by atoms with Gasteiger partial charge in [0, 0.05) is 6.04 Å². The molecule has 8 heavy (non-hydrogen) atoms.